The molecule has 1 aromatic heterocycles. The number of primary amides is 1. The Bertz CT molecular complexity index is 355. The predicted molar refractivity (Wildman–Crippen MR) is 49.7 cm³/mol. The number of rotatable bonds is 3. The van der Waals surface area contributed by atoms with Gasteiger partial charge in [0.25, 0.3) is 5.91 Å². The fourth-order valence-corrected chi connectivity index (χ4v) is 1.61. The Labute approximate surface area is 81.9 Å². The van der Waals surface area contributed by atoms with Crippen LogP contribution in [0.5, 0.6) is 0 Å². The molecule has 5 nitrogen and oxygen atoms in total. The van der Waals surface area contributed by atoms with Crippen molar-refractivity contribution in [2.75, 3.05) is 13.2 Å². The van der Waals surface area contributed by atoms with E-state index < -0.39 is 5.91 Å². The van der Waals surface area contributed by atoms with E-state index in [0.717, 1.165) is 19.8 Å². The van der Waals surface area contributed by atoms with Gasteiger partial charge in [-0.3, -0.25) is 4.79 Å². The zero-order chi connectivity index (χ0) is 10.2. The molecular weight excluding hydrogens is 182 g/mol. The highest BCUT2D eigenvalue weighted by Gasteiger charge is 2.34. The summed E-state index contributed by atoms with van der Waals surface area (Å²) in [7, 11) is 0. The van der Waals surface area contributed by atoms with Gasteiger partial charge in [-0.1, -0.05) is 6.92 Å². The number of aromatic nitrogens is 2. The molecule has 2 N–H and O–H groups in total. The molecule has 14 heavy (non-hydrogen) atoms. The van der Waals surface area contributed by atoms with Crippen LogP contribution in [0.2, 0.25) is 0 Å². The van der Waals surface area contributed by atoms with E-state index in [1.165, 1.54) is 0 Å². The van der Waals surface area contributed by atoms with Crippen LogP contribution in [-0.4, -0.2) is 28.7 Å². The number of nitrogens with two attached hydrogens (primary N) is 1. The van der Waals surface area contributed by atoms with Crippen LogP contribution < -0.4 is 5.73 Å². The van der Waals surface area contributed by atoms with Crippen molar-refractivity contribution in [2.45, 2.75) is 13.5 Å². The number of hydrogen-bond donors (Lipinski definition) is 1. The average Bonchev–Trinajstić information content (AvgIpc) is 2.49. The minimum Gasteiger partial charge on any atom is -0.380 e. The van der Waals surface area contributed by atoms with Gasteiger partial charge in [-0.05, 0) is 0 Å². The quantitative estimate of drug-likeness (QED) is 0.739. The molecule has 0 saturated carbocycles. The summed E-state index contributed by atoms with van der Waals surface area (Å²) in [5, 5.41) is 0. The first-order chi connectivity index (χ1) is 6.61. The van der Waals surface area contributed by atoms with Crippen LogP contribution in [0.25, 0.3) is 0 Å². The highest BCUT2D eigenvalue weighted by molar-refractivity contribution is 5.89. The molecule has 1 aliphatic rings. The van der Waals surface area contributed by atoms with Crippen LogP contribution in [0.3, 0.4) is 0 Å². The van der Waals surface area contributed by atoms with Gasteiger partial charge in [-0.25, -0.2) is 4.98 Å². The Morgan fingerprint density at radius 3 is 3.00 bits per heavy atom. The van der Waals surface area contributed by atoms with Crippen molar-refractivity contribution in [3.8, 4) is 0 Å². The molecule has 1 aromatic rings. The average molecular weight is 195 g/mol. The number of carbonyl (C=O) groups is 1. The molecule has 2 heterocycles. The molecule has 1 amide bonds. The van der Waals surface area contributed by atoms with E-state index in [4.69, 9.17) is 10.5 Å². The molecule has 5 heteroatoms. The zero-order valence-electron chi connectivity index (χ0n) is 8.06. The first-order valence-corrected chi connectivity index (χ1v) is 4.49. The van der Waals surface area contributed by atoms with Crippen molar-refractivity contribution < 1.29 is 9.53 Å². The first kappa shape index (κ1) is 9.21. The Hall–Kier alpha value is -1.36. The van der Waals surface area contributed by atoms with Crippen LogP contribution in [0, 0.1) is 5.41 Å². The molecule has 1 fully saturated rings. The lowest BCUT2D eigenvalue weighted by Crippen LogP contribution is -2.43. The highest BCUT2D eigenvalue weighted by Crippen LogP contribution is 2.28. The number of hydrogen-bond acceptors (Lipinski definition) is 3. The lowest BCUT2D eigenvalue weighted by molar-refractivity contribution is -0.110. The smallest absolute Gasteiger partial charge is 0.284 e. The molecule has 1 saturated heterocycles. The second-order valence-corrected chi connectivity index (χ2v) is 4.05. The summed E-state index contributed by atoms with van der Waals surface area (Å²) in [6.45, 7) is 4.29. The zero-order valence-corrected chi connectivity index (χ0v) is 8.06. The maximum atomic E-state index is 11.0. The van der Waals surface area contributed by atoms with Crippen LogP contribution in [-0.2, 0) is 11.3 Å². The monoisotopic (exact) mass is 195 g/mol. The van der Waals surface area contributed by atoms with Gasteiger partial charge in [-0.15, -0.1) is 0 Å². The van der Waals surface area contributed by atoms with Gasteiger partial charge in [0.15, 0.2) is 5.82 Å². The SMILES string of the molecule is CC1(Cn2ccnc2C(N)=O)COC1. The summed E-state index contributed by atoms with van der Waals surface area (Å²) < 4.78 is 6.92. The molecular formula is C9H13N3O2. The normalized spacial score (nSPS) is 18.9. The van der Waals surface area contributed by atoms with Gasteiger partial charge in [0.1, 0.15) is 0 Å². The summed E-state index contributed by atoms with van der Waals surface area (Å²) in [5.41, 5.74) is 5.30. The number of nitrogens with zero attached hydrogens (tertiary/aromatic N) is 2. The fraction of sp³-hybridized carbons (Fsp3) is 0.556. The topological polar surface area (TPSA) is 70.1 Å². The Morgan fingerprint density at radius 2 is 2.50 bits per heavy atom. The van der Waals surface area contributed by atoms with Crippen LogP contribution in [0.1, 0.15) is 17.5 Å². The molecule has 0 aliphatic carbocycles. The van der Waals surface area contributed by atoms with Crippen molar-refractivity contribution >= 4 is 5.91 Å². The highest BCUT2D eigenvalue weighted by atomic mass is 16.5. The van der Waals surface area contributed by atoms with Gasteiger partial charge in [-0.2, -0.15) is 0 Å². The maximum Gasteiger partial charge on any atom is 0.284 e. The van der Waals surface area contributed by atoms with Gasteiger partial charge < -0.3 is 15.0 Å². The second kappa shape index (κ2) is 3.09. The lowest BCUT2D eigenvalue weighted by Gasteiger charge is -2.38. The van der Waals surface area contributed by atoms with Crippen molar-refractivity contribution in [1.82, 2.24) is 9.55 Å². The largest absolute Gasteiger partial charge is 0.380 e. The lowest BCUT2D eigenvalue weighted by atomic mass is 9.88. The van der Waals surface area contributed by atoms with E-state index in [1.54, 1.807) is 17.0 Å². The van der Waals surface area contributed by atoms with Gasteiger partial charge >= 0.3 is 0 Å². The van der Waals surface area contributed by atoms with Crippen molar-refractivity contribution in [2.24, 2.45) is 11.1 Å². The van der Waals surface area contributed by atoms with Crippen molar-refractivity contribution in [3.05, 3.63) is 18.2 Å². The molecule has 0 unspecified atom stereocenters. The fourth-order valence-electron chi connectivity index (χ4n) is 1.61. The molecule has 0 aromatic carbocycles. The van der Waals surface area contributed by atoms with E-state index in [-0.39, 0.29) is 5.41 Å². The van der Waals surface area contributed by atoms with E-state index in [2.05, 4.69) is 11.9 Å². The predicted octanol–water partition coefficient (Wildman–Crippen LogP) is 0.0185. The summed E-state index contributed by atoms with van der Waals surface area (Å²) in [4.78, 5) is 14.9. The summed E-state index contributed by atoms with van der Waals surface area (Å²) in [6.07, 6.45) is 3.35. The molecule has 0 atom stereocenters. The van der Waals surface area contributed by atoms with Gasteiger partial charge in [0.2, 0.25) is 0 Å². The second-order valence-electron chi connectivity index (χ2n) is 4.05. The van der Waals surface area contributed by atoms with E-state index in [0.29, 0.717) is 5.82 Å². The molecule has 0 radical (unpaired) electrons. The van der Waals surface area contributed by atoms with Crippen LogP contribution in [0.4, 0.5) is 0 Å². The molecule has 0 bridgehead atoms. The molecule has 0 spiro atoms. The number of imidazole rings is 1. The minimum atomic E-state index is -0.487. The summed E-state index contributed by atoms with van der Waals surface area (Å²) in [6, 6.07) is 0. The van der Waals surface area contributed by atoms with Crippen LogP contribution >= 0.6 is 0 Å². The molecule has 2 rings (SSSR count). The van der Waals surface area contributed by atoms with Crippen molar-refractivity contribution in [1.29, 1.82) is 0 Å². The third-order valence-electron chi connectivity index (χ3n) is 2.39. The van der Waals surface area contributed by atoms with Gasteiger partial charge in [0.05, 0.1) is 13.2 Å². The third-order valence-corrected chi connectivity index (χ3v) is 2.39. The number of amides is 1. The van der Waals surface area contributed by atoms with Crippen molar-refractivity contribution in [3.63, 3.8) is 0 Å². The molecule has 1 aliphatic heterocycles. The first-order valence-electron chi connectivity index (χ1n) is 4.49. The summed E-state index contributed by atoms with van der Waals surface area (Å²) >= 11 is 0. The molecule has 76 valence electrons. The standard InChI is InChI=1S/C9H13N3O2/c1-9(5-14-6-9)4-12-3-2-11-8(12)7(10)13/h2-3H,4-6H2,1H3,(H2,10,13). The minimum absolute atomic E-state index is 0.116. The van der Waals surface area contributed by atoms with E-state index in [9.17, 15) is 4.79 Å². The Morgan fingerprint density at radius 1 is 1.79 bits per heavy atom. The Kier molecular flexibility index (Phi) is 2.03. The maximum absolute atomic E-state index is 11.0. The van der Waals surface area contributed by atoms with E-state index in [1.807, 2.05) is 0 Å². The van der Waals surface area contributed by atoms with E-state index >= 15 is 0 Å². The van der Waals surface area contributed by atoms with Gasteiger partial charge in [0, 0.05) is 24.4 Å². The Balaban J connectivity index is 2.16. The summed E-state index contributed by atoms with van der Waals surface area (Å²) in [5.74, 6) is -0.169. The van der Waals surface area contributed by atoms with Crippen LogP contribution in [0.15, 0.2) is 12.4 Å². The number of ether oxygens (including phenoxy) is 1. The number of carbonyl (C=O) groups excluding carboxylic acids is 1. The third kappa shape index (κ3) is 1.50.